The lowest BCUT2D eigenvalue weighted by atomic mass is 9.97. The van der Waals surface area contributed by atoms with Gasteiger partial charge in [0.25, 0.3) is 0 Å². The molecule has 8 rings (SSSR count). The zero-order valence-corrected chi connectivity index (χ0v) is 23.9. The van der Waals surface area contributed by atoms with Gasteiger partial charge < -0.3 is 0 Å². The summed E-state index contributed by atoms with van der Waals surface area (Å²) in [6, 6.07) is 46.7. The van der Waals surface area contributed by atoms with E-state index in [4.69, 9.17) is 16.6 Å². The van der Waals surface area contributed by atoms with Gasteiger partial charge in [0, 0.05) is 31.3 Å². The van der Waals surface area contributed by atoms with Gasteiger partial charge in [-0.15, -0.1) is 11.3 Å². The zero-order valence-electron chi connectivity index (χ0n) is 22.3. The van der Waals surface area contributed by atoms with Crippen molar-refractivity contribution in [1.29, 1.82) is 0 Å². The van der Waals surface area contributed by atoms with Crippen molar-refractivity contribution in [3.63, 3.8) is 0 Å². The molecular formula is C37H22ClN3S. The summed E-state index contributed by atoms with van der Waals surface area (Å²) in [4.78, 5) is 14.0. The fourth-order valence-electron chi connectivity index (χ4n) is 5.60. The molecular weight excluding hydrogens is 554 g/mol. The van der Waals surface area contributed by atoms with Crippen molar-refractivity contribution >= 4 is 53.9 Å². The third-order valence-electron chi connectivity index (χ3n) is 7.65. The average Bonchev–Trinajstić information content (AvgIpc) is 3.43. The highest BCUT2D eigenvalue weighted by atomic mass is 35.5. The van der Waals surface area contributed by atoms with Crippen molar-refractivity contribution in [3.05, 3.63) is 139 Å². The van der Waals surface area contributed by atoms with Crippen LogP contribution in [0.15, 0.2) is 133 Å². The van der Waals surface area contributed by atoms with Gasteiger partial charge in [-0.1, -0.05) is 103 Å². The number of rotatable bonds is 4. The first kappa shape index (κ1) is 24.9. The number of nitrogens with zero attached hydrogens (tertiary/aromatic N) is 3. The molecule has 0 amide bonds. The topological polar surface area (TPSA) is 38.7 Å². The fraction of sp³-hybridized carbons (Fsp3) is 0. The van der Waals surface area contributed by atoms with Crippen LogP contribution in [0.3, 0.4) is 0 Å². The van der Waals surface area contributed by atoms with Crippen molar-refractivity contribution in [3.8, 4) is 45.0 Å². The molecule has 0 aliphatic carbocycles. The van der Waals surface area contributed by atoms with Gasteiger partial charge in [0.1, 0.15) is 0 Å². The third-order valence-corrected chi connectivity index (χ3v) is 9.04. The molecule has 5 heteroatoms. The number of thiophene rings is 1. The summed E-state index contributed by atoms with van der Waals surface area (Å²) in [5, 5.41) is 5.01. The van der Waals surface area contributed by atoms with Gasteiger partial charge in [-0.25, -0.2) is 4.98 Å². The third kappa shape index (κ3) is 4.42. The zero-order chi connectivity index (χ0) is 28.0. The number of aromatic nitrogens is 3. The Morgan fingerprint density at radius 2 is 1.10 bits per heavy atom. The molecule has 0 unspecified atom stereocenters. The summed E-state index contributed by atoms with van der Waals surface area (Å²) < 4.78 is 2.38. The second-order valence-electron chi connectivity index (χ2n) is 10.3. The number of benzene rings is 6. The molecule has 0 fully saturated rings. The first-order valence-electron chi connectivity index (χ1n) is 13.7. The molecule has 0 aliphatic heterocycles. The van der Waals surface area contributed by atoms with Crippen LogP contribution < -0.4 is 0 Å². The quantitative estimate of drug-likeness (QED) is 0.209. The van der Waals surface area contributed by atoms with E-state index in [1.54, 1.807) is 11.3 Å². The summed E-state index contributed by atoms with van der Waals surface area (Å²) in [5.41, 5.74) is 6.48. The molecule has 0 spiro atoms. The molecule has 0 aliphatic rings. The summed E-state index contributed by atoms with van der Waals surface area (Å²) >= 11 is 8.26. The molecule has 0 atom stereocenters. The van der Waals surface area contributed by atoms with E-state index in [1.807, 2.05) is 18.2 Å². The van der Waals surface area contributed by atoms with Crippen molar-refractivity contribution in [2.24, 2.45) is 0 Å². The monoisotopic (exact) mass is 575 g/mol. The molecule has 0 radical (unpaired) electrons. The Hall–Kier alpha value is -4.90. The van der Waals surface area contributed by atoms with Gasteiger partial charge in [0.15, 0.2) is 11.6 Å². The van der Waals surface area contributed by atoms with Crippen LogP contribution in [0.1, 0.15) is 0 Å². The van der Waals surface area contributed by atoms with Crippen LogP contribution >= 0.6 is 22.9 Å². The second kappa shape index (κ2) is 10.2. The van der Waals surface area contributed by atoms with E-state index in [2.05, 4.69) is 125 Å². The minimum absolute atomic E-state index is 0.178. The lowest BCUT2D eigenvalue weighted by Crippen LogP contribution is -1.97. The Labute approximate surface area is 251 Å². The smallest absolute Gasteiger partial charge is 0.208 e. The Balaban J connectivity index is 1.20. The van der Waals surface area contributed by atoms with Gasteiger partial charge in [-0.2, -0.15) is 9.97 Å². The van der Waals surface area contributed by atoms with E-state index in [-0.39, 0.29) is 5.28 Å². The SMILES string of the molecule is Clc1nc(-c2cccc(-c3ccc4ccc(-c5ccccc5)cc4c3)c2)nc(-c2cccc3c2sc2ccccc23)n1. The Morgan fingerprint density at radius 1 is 0.452 bits per heavy atom. The minimum Gasteiger partial charge on any atom is -0.208 e. The summed E-state index contributed by atoms with van der Waals surface area (Å²) in [6.07, 6.45) is 0. The summed E-state index contributed by atoms with van der Waals surface area (Å²) in [5.74, 6) is 1.13. The molecule has 42 heavy (non-hydrogen) atoms. The van der Waals surface area contributed by atoms with Crippen LogP contribution in [0.2, 0.25) is 5.28 Å². The number of hydrogen-bond donors (Lipinski definition) is 0. The predicted octanol–water partition coefficient (Wildman–Crippen LogP) is 10.7. The van der Waals surface area contributed by atoms with Gasteiger partial charge in [0.05, 0.1) is 0 Å². The van der Waals surface area contributed by atoms with E-state index in [0.717, 1.165) is 27.0 Å². The van der Waals surface area contributed by atoms with Gasteiger partial charge in [0.2, 0.25) is 5.28 Å². The molecule has 0 saturated carbocycles. The molecule has 0 bridgehead atoms. The van der Waals surface area contributed by atoms with E-state index in [0.29, 0.717) is 11.6 Å². The van der Waals surface area contributed by atoms with Crippen LogP contribution in [0.5, 0.6) is 0 Å². The first-order valence-corrected chi connectivity index (χ1v) is 14.9. The lowest BCUT2D eigenvalue weighted by Gasteiger charge is -2.09. The largest absolute Gasteiger partial charge is 0.226 e. The maximum absolute atomic E-state index is 6.51. The van der Waals surface area contributed by atoms with E-state index < -0.39 is 0 Å². The van der Waals surface area contributed by atoms with E-state index >= 15 is 0 Å². The van der Waals surface area contributed by atoms with Crippen molar-refractivity contribution in [2.75, 3.05) is 0 Å². The van der Waals surface area contributed by atoms with Crippen molar-refractivity contribution in [1.82, 2.24) is 15.0 Å². The van der Waals surface area contributed by atoms with Crippen LogP contribution in [0.4, 0.5) is 0 Å². The van der Waals surface area contributed by atoms with E-state index in [1.165, 1.54) is 37.4 Å². The molecule has 3 nitrogen and oxygen atoms in total. The molecule has 8 aromatic rings. The normalized spacial score (nSPS) is 11.5. The molecule has 0 saturated heterocycles. The predicted molar refractivity (Wildman–Crippen MR) is 177 cm³/mol. The molecule has 0 N–H and O–H groups in total. The average molecular weight is 576 g/mol. The second-order valence-corrected chi connectivity index (χ2v) is 11.6. The summed E-state index contributed by atoms with van der Waals surface area (Å²) in [7, 11) is 0. The van der Waals surface area contributed by atoms with Gasteiger partial charge in [-0.05, 0) is 75.0 Å². The highest BCUT2D eigenvalue weighted by molar-refractivity contribution is 7.26. The van der Waals surface area contributed by atoms with Crippen LogP contribution in [-0.2, 0) is 0 Å². The fourth-order valence-corrected chi connectivity index (χ4v) is 6.97. The number of fused-ring (bicyclic) bond motifs is 4. The van der Waals surface area contributed by atoms with E-state index in [9.17, 15) is 0 Å². The first-order chi connectivity index (χ1) is 20.7. The van der Waals surface area contributed by atoms with Crippen LogP contribution in [0, 0.1) is 0 Å². The van der Waals surface area contributed by atoms with Crippen LogP contribution in [-0.4, -0.2) is 15.0 Å². The number of hydrogen-bond acceptors (Lipinski definition) is 4. The summed E-state index contributed by atoms with van der Waals surface area (Å²) in [6.45, 7) is 0. The van der Waals surface area contributed by atoms with Gasteiger partial charge >= 0.3 is 0 Å². The minimum atomic E-state index is 0.178. The van der Waals surface area contributed by atoms with Crippen molar-refractivity contribution in [2.45, 2.75) is 0 Å². The Bertz CT molecular complexity index is 2270. The maximum Gasteiger partial charge on any atom is 0.226 e. The van der Waals surface area contributed by atoms with Crippen LogP contribution in [0.25, 0.3) is 76.0 Å². The Morgan fingerprint density at radius 3 is 1.95 bits per heavy atom. The lowest BCUT2D eigenvalue weighted by molar-refractivity contribution is 1.07. The standard InChI is InChI=1S/C37H22ClN3S/c38-37-40-35(39-36(41-37)32-14-7-13-31-30-12-4-5-15-33(30)42-34(31)32)28-11-6-10-25(20-28)27-19-17-24-16-18-26(21-29(24)22-27)23-8-2-1-3-9-23/h1-22H. The highest BCUT2D eigenvalue weighted by Gasteiger charge is 2.15. The Kier molecular flexibility index (Phi) is 6.03. The molecule has 6 aromatic carbocycles. The maximum atomic E-state index is 6.51. The molecule has 2 heterocycles. The van der Waals surface area contributed by atoms with Crippen molar-refractivity contribution < 1.29 is 0 Å². The molecule has 198 valence electrons. The van der Waals surface area contributed by atoms with Gasteiger partial charge in [-0.3, -0.25) is 0 Å². The number of halogens is 1. The molecule has 2 aromatic heterocycles. The highest BCUT2D eigenvalue weighted by Crippen LogP contribution is 2.39.